The maximum atomic E-state index is 11.4. The van der Waals surface area contributed by atoms with E-state index in [0.717, 1.165) is 5.56 Å². The van der Waals surface area contributed by atoms with Crippen LogP contribution in [0.2, 0.25) is 0 Å². The summed E-state index contributed by atoms with van der Waals surface area (Å²) in [6.45, 7) is 6.20. The maximum absolute atomic E-state index is 11.4. The molecular formula is C14H22N2O3. The lowest BCUT2D eigenvalue weighted by atomic mass is 9.89. The third-order valence-corrected chi connectivity index (χ3v) is 2.70. The molecule has 0 aromatic heterocycles. The van der Waals surface area contributed by atoms with Crippen LogP contribution in [0.15, 0.2) is 30.3 Å². The lowest BCUT2D eigenvalue weighted by Crippen LogP contribution is -2.43. The molecule has 0 aliphatic rings. The van der Waals surface area contributed by atoms with E-state index in [2.05, 4.69) is 10.8 Å². The predicted molar refractivity (Wildman–Crippen MR) is 73.2 cm³/mol. The number of aliphatic hydroxyl groups excluding tert-OH is 1. The van der Waals surface area contributed by atoms with Crippen LogP contribution in [0.5, 0.6) is 0 Å². The Bertz CT molecular complexity index is 387. The monoisotopic (exact) mass is 266 g/mol. The van der Waals surface area contributed by atoms with Gasteiger partial charge in [0.2, 0.25) is 0 Å². The first-order valence-corrected chi connectivity index (χ1v) is 6.27. The lowest BCUT2D eigenvalue weighted by Gasteiger charge is -2.25. The Kier molecular flexibility index (Phi) is 5.79. The summed E-state index contributed by atoms with van der Waals surface area (Å²) in [7, 11) is 0. The van der Waals surface area contributed by atoms with Crippen molar-refractivity contribution in [2.24, 2.45) is 5.41 Å². The zero-order valence-electron chi connectivity index (χ0n) is 11.6. The molecule has 106 valence electrons. The fourth-order valence-electron chi connectivity index (χ4n) is 1.29. The van der Waals surface area contributed by atoms with Gasteiger partial charge in [-0.15, -0.1) is 0 Å². The Labute approximate surface area is 113 Å². The zero-order valence-corrected chi connectivity index (χ0v) is 11.6. The van der Waals surface area contributed by atoms with Gasteiger partial charge in [0.25, 0.3) is 0 Å². The SMILES string of the molecule is CC(C)(C)C(O)CNC(=O)NOCc1ccccc1. The number of carbonyl (C=O) groups is 1. The molecule has 1 atom stereocenters. The number of nitrogens with one attached hydrogen (secondary N) is 2. The number of hydrogen-bond donors (Lipinski definition) is 3. The van der Waals surface area contributed by atoms with E-state index in [-0.39, 0.29) is 12.0 Å². The van der Waals surface area contributed by atoms with Crippen LogP contribution in [0.4, 0.5) is 4.79 Å². The van der Waals surface area contributed by atoms with Gasteiger partial charge in [-0.05, 0) is 11.0 Å². The van der Waals surface area contributed by atoms with Crippen LogP contribution < -0.4 is 10.8 Å². The summed E-state index contributed by atoms with van der Waals surface area (Å²) in [4.78, 5) is 16.5. The summed E-state index contributed by atoms with van der Waals surface area (Å²) in [5.74, 6) is 0. The average Bonchev–Trinajstić information content (AvgIpc) is 2.36. The van der Waals surface area contributed by atoms with Gasteiger partial charge in [-0.2, -0.15) is 0 Å². The highest BCUT2D eigenvalue weighted by atomic mass is 16.7. The van der Waals surface area contributed by atoms with E-state index in [9.17, 15) is 9.90 Å². The Hall–Kier alpha value is -1.59. The van der Waals surface area contributed by atoms with Crippen LogP contribution in [-0.2, 0) is 11.4 Å². The molecule has 0 aliphatic carbocycles. The van der Waals surface area contributed by atoms with E-state index in [4.69, 9.17) is 4.84 Å². The first-order valence-electron chi connectivity index (χ1n) is 6.27. The van der Waals surface area contributed by atoms with Gasteiger partial charge in [0.1, 0.15) is 0 Å². The van der Waals surface area contributed by atoms with Crippen molar-refractivity contribution in [2.45, 2.75) is 33.5 Å². The molecule has 1 aromatic carbocycles. The van der Waals surface area contributed by atoms with Crippen LogP contribution in [-0.4, -0.2) is 23.8 Å². The number of aliphatic hydroxyl groups is 1. The van der Waals surface area contributed by atoms with Gasteiger partial charge in [0.15, 0.2) is 0 Å². The fraction of sp³-hybridized carbons (Fsp3) is 0.500. The number of urea groups is 1. The largest absolute Gasteiger partial charge is 0.391 e. The third-order valence-electron chi connectivity index (χ3n) is 2.70. The van der Waals surface area contributed by atoms with Gasteiger partial charge in [-0.3, -0.25) is 4.84 Å². The molecule has 0 spiro atoms. The fourth-order valence-corrected chi connectivity index (χ4v) is 1.29. The van der Waals surface area contributed by atoms with Crippen LogP contribution >= 0.6 is 0 Å². The van der Waals surface area contributed by atoms with E-state index in [1.807, 2.05) is 51.1 Å². The van der Waals surface area contributed by atoms with E-state index < -0.39 is 12.1 Å². The first kappa shape index (κ1) is 15.5. The highest BCUT2D eigenvalue weighted by Crippen LogP contribution is 2.17. The van der Waals surface area contributed by atoms with Crippen molar-refractivity contribution in [3.05, 3.63) is 35.9 Å². The number of rotatable bonds is 5. The summed E-state index contributed by atoms with van der Waals surface area (Å²) < 4.78 is 0. The van der Waals surface area contributed by atoms with Gasteiger partial charge in [-0.25, -0.2) is 10.3 Å². The minimum atomic E-state index is -0.604. The summed E-state index contributed by atoms with van der Waals surface area (Å²) in [6.07, 6.45) is -0.604. The number of carbonyl (C=O) groups excluding carboxylic acids is 1. The van der Waals surface area contributed by atoms with Gasteiger partial charge in [0, 0.05) is 6.54 Å². The van der Waals surface area contributed by atoms with E-state index in [0.29, 0.717) is 6.61 Å². The van der Waals surface area contributed by atoms with E-state index in [1.54, 1.807) is 0 Å². The van der Waals surface area contributed by atoms with E-state index in [1.165, 1.54) is 0 Å². The molecule has 1 unspecified atom stereocenters. The van der Waals surface area contributed by atoms with Crippen LogP contribution in [0.1, 0.15) is 26.3 Å². The smallest absolute Gasteiger partial charge is 0.338 e. The van der Waals surface area contributed by atoms with Gasteiger partial charge >= 0.3 is 6.03 Å². The topological polar surface area (TPSA) is 70.6 Å². The molecule has 0 bridgehead atoms. The molecule has 2 amide bonds. The van der Waals surface area contributed by atoms with Crippen molar-refractivity contribution in [1.29, 1.82) is 0 Å². The molecule has 1 aromatic rings. The van der Waals surface area contributed by atoms with Crippen LogP contribution in [0, 0.1) is 5.41 Å². The molecule has 0 saturated carbocycles. The molecule has 0 radical (unpaired) electrons. The number of hydrogen-bond acceptors (Lipinski definition) is 3. The van der Waals surface area contributed by atoms with Crippen LogP contribution in [0.3, 0.4) is 0 Å². The first-order chi connectivity index (χ1) is 8.89. The van der Waals surface area contributed by atoms with Gasteiger partial charge in [0.05, 0.1) is 12.7 Å². The lowest BCUT2D eigenvalue weighted by molar-refractivity contribution is 0.0410. The molecule has 0 fully saturated rings. The third kappa shape index (κ3) is 6.22. The second-order valence-electron chi connectivity index (χ2n) is 5.47. The Morgan fingerprint density at radius 2 is 1.95 bits per heavy atom. The van der Waals surface area contributed by atoms with Crippen molar-refractivity contribution < 1.29 is 14.7 Å². The number of benzene rings is 1. The minimum Gasteiger partial charge on any atom is -0.391 e. The predicted octanol–water partition coefficient (Wildman–Crippen LogP) is 1.82. The average molecular weight is 266 g/mol. The molecule has 5 nitrogen and oxygen atoms in total. The Morgan fingerprint density at radius 1 is 1.32 bits per heavy atom. The second kappa shape index (κ2) is 7.11. The summed E-state index contributed by atoms with van der Waals surface area (Å²) in [5.41, 5.74) is 2.98. The molecule has 0 heterocycles. The van der Waals surface area contributed by atoms with Crippen molar-refractivity contribution in [1.82, 2.24) is 10.8 Å². The zero-order chi connectivity index (χ0) is 14.3. The Balaban J connectivity index is 2.18. The van der Waals surface area contributed by atoms with Crippen molar-refractivity contribution >= 4 is 6.03 Å². The van der Waals surface area contributed by atoms with Crippen molar-refractivity contribution in [3.63, 3.8) is 0 Å². The molecular weight excluding hydrogens is 244 g/mol. The van der Waals surface area contributed by atoms with Crippen LogP contribution in [0.25, 0.3) is 0 Å². The summed E-state index contributed by atoms with van der Waals surface area (Å²) in [5, 5.41) is 12.3. The normalized spacial score (nSPS) is 12.8. The van der Waals surface area contributed by atoms with Gasteiger partial charge < -0.3 is 10.4 Å². The van der Waals surface area contributed by atoms with Crippen molar-refractivity contribution in [3.8, 4) is 0 Å². The minimum absolute atomic E-state index is 0.185. The Morgan fingerprint density at radius 3 is 2.53 bits per heavy atom. The summed E-state index contributed by atoms with van der Waals surface area (Å²) >= 11 is 0. The standard InChI is InChI=1S/C14H22N2O3/c1-14(2,3)12(17)9-15-13(18)16-19-10-11-7-5-4-6-8-11/h4-8,12,17H,9-10H2,1-3H3,(H2,15,16,18). The van der Waals surface area contributed by atoms with Gasteiger partial charge in [-0.1, -0.05) is 51.1 Å². The molecule has 5 heteroatoms. The second-order valence-corrected chi connectivity index (χ2v) is 5.47. The molecule has 0 saturated heterocycles. The highest BCUT2D eigenvalue weighted by Gasteiger charge is 2.22. The maximum Gasteiger partial charge on any atom is 0.338 e. The van der Waals surface area contributed by atoms with Crippen molar-refractivity contribution in [2.75, 3.05) is 6.54 Å². The molecule has 19 heavy (non-hydrogen) atoms. The molecule has 1 rings (SSSR count). The van der Waals surface area contributed by atoms with E-state index >= 15 is 0 Å². The quantitative estimate of drug-likeness (QED) is 0.712. The molecule has 3 N–H and O–H groups in total. The molecule has 0 aliphatic heterocycles. The summed E-state index contributed by atoms with van der Waals surface area (Å²) in [6, 6.07) is 9.07. The highest BCUT2D eigenvalue weighted by molar-refractivity contribution is 5.72. The number of hydroxylamine groups is 1. The number of amides is 2.